The molecule has 12 heteroatoms. The van der Waals surface area contributed by atoms with Crippen molar-refractivity contribution < 1.29 is 48.3 Å². The third kappa shape index (κ3) is 14.1. The average Bonchev–Trinajstić information content (AvgIpc) is 3.53. The number of nitrogens with zero attached hydrogens (tertiary/aromatic N) is 2. The standard InChI is InChI=1S/C63H82N2O10/c1-3-5-6-7-8-9-10-11-12-20-39-71-62(69)65(44-49-28-23-27-47-25-13-14-30-52(47)49)58-43-56(64-75-59-32-17-21-38-70-59)54-41-48(26-15-18-35-66)53(31-16-19-36-67)60-55-42-51(73-50-29-22-24-46(40-50)45-68)33-34-57(55)74-63(58,61(54)60)72-37-4-2/h4,13-14,22-25,27-30,33-34,40-42,45,48,53,58-61,66-67H,2-3,5-12,15-21,26,31-32,35-39,43-44H2,1H3. The number of aldehydes is 1. The Labute approximate surface area is 445 Å². The van der Waals surface area contributed by atoms with E-state index in [0.29, 0.717) is 54.4 Å². The molecule has 2 aliphatic carbocycles. The molecule has 0 bridgehead atoms. The van der Waals surface area contributed by atoms with Gasteiger partial charge in [0.1, 0.15) is 29.6 Å². The van der Waals surface area contributed by atoms with Crippen LogP contribution in [0.5, 0.6) is 17.2 Å². The van der Waals surface area contributed by atoms with Crippen LogP contribution in [0, 0.1) is 17.8 Å². The van der Waals surface area contributed by atoms with E-state index in [-0.39, 0.29) is 57.1 Å². The van der Waals surface area contributed by atoms with Crippen molar-refractivity contribution in [1.82, 2.24) is 4.90 Å². The molecular weight excluding hydrogens is 945 g/mol. The quantitative estimate of drug-likeness (QED) is 0.0224. The number of rotatable bonds is 30. The number of aliphatic hydroxyl groups is 2. The number of allylic oxidation sites excluding steroid dienone is 1. The van der Waals surface area contributed by atoms with E-state index in [2.05, 4.69) is 49.9 Å². The minimum absolute atomic E-state index is 0.00407. The van der Waals surface area contributed by atoms with Crippen LogP contribution in [0.4, 0.5) is 4.79 Å². The molecule has 7 atom stereocenters. The number of unbranched alkanes of at least 4 members (excludes halogenated alkanes) is 11. The van der Waals surface area contributed by atoms with Gasteiger partial charge in [-0.2, -0.15) is 0 Å². The van der Waals surface area contributed by atoms with E-state index in [4.69, 9.17) is 33.7 Å². The highest BCUT2D eigenvalue weighted by Gasteiger charge is 2.66. The number of ether oxygens (including phenoxy) is 5. The molecule has 1 amide bonds. The zero-order valence-electron chi connectivity index (χ0n) is 44.4. The lowest BCUT2D eigenvalue weighted by Gasteiger charge is -2.60. The van der Waals surface area contributed by atoms with Crippen LogP contribution in [0.1, 0.15) is 163 Å². The third-order valence-corrected chi connectivity index (χ3v) is 15.8. The third-order valence-electron chi connectivity index (χ3n) is 15.8. The fraction of sp³-hybridized carbons (Fsp3) is 0.540. The van der Waals surface area contributed by atoms with Gasteiger partial charge in [-0.25, -0.2) is 4.79 Å². The van der Waals surface area contributed by atoms with E-state index in [9.17, 15) is 15.0 Å². The molecule has 4 aromatic carbocycles. The average molecular weight is 1030 g/mol. The highest BCUT2D eigenvalue weighted by Crippen LogP contribution is 2.62. The summed E-state index contributed by atoms with van der Waals surface area (Å²) in [5.41, 5.74) is 4.01. The zero-order valence-corrected chi connectivity index (χ0v) is 44.4. The topological polar surface area (TPSA) is 146 Å². The number of hydrogen-bond acceptors (Lipinski definition) is 11. The van der Waals surface area contributed by atoms with Crippen molar-refractivity contribution in [3.63, 3.8) is 0 Å². The van der Waals surface area contributed by atoms with E-state index in [0.717, 1.165) is 91.5 Å². The lowest BCUT2D eigenvalue weighted by Crippen LogP contribution is -2.70. The first kappa shape index (κ1) is 55.7. The monoisotopic (exact) mass is 1030 g/mol. The second-order valence-corrected chi connectivity index (χ2v) is 21.0. The number of fused-ring (bicyclic) bond motifs is 3. The smallest absolute Gasteiger partial charge is 0.410 e. The molecule has 0 spiro atoms. The van der Waals surface area contributed by atoms with Crippen LogP contribution in [0.25, 0.3) is 10.8 Å². The van der Waals surface area contributed by atoms with Gasteiger partial charge < -0.3 is 38.7 Å². The second-order valence-electron chi connectivity index (χ2n) is 21.0. The van der Waals surface area contributed by atoms with E-state index >= 15 is 4.79 Å². The molecule has 4 aliphatic rings. The number of amides is 1. The second kappa shape index (κ2) is 28.6. The van der Waals surface area contributed by atoms with Crippen molar-refractivity contribution in [1.29, 1.82) is 0 Å². The summed E-state index contributed by atoms with van der Waals surface area (Å²) < 4.78 is 33.9. The Bertz CT molecular complexity index is 2510. The van der Waals surface area contributed by atoms with Crippen molar-refractivity contribution in [3.05, 3.63) is 126 Å². The number of carbonyl (C=O) groups excluding carboxylic acids is 2. The first-order chi connectivity index (χ1) is 36.9. The number of carbonyl (C=O) groups is 2. The Balaban J connectivity index is 1.25. The van der Waals surface area contributed by atoms with Crippen molar-refractivity contribution in [2.24, 2.45) is 22.9 Å². The van der Waals surface area contributed by atoms with Crippen LogP contribution in [0.3, 0.4) is 0 Å². The van der Waals surface area contributed by atoms with Gasteiger partial charge in [0.15, 0.2) is 0 Å². The molecule has 1 saturated heterocycles. The zero-order chi connectivity index (χ0) is 52.2. The van der Waals surface area contributed by atoms with Crippen molar-refractivity contribution in [2.75, 3.05) is 33.0 Å². The van der Waals surface area contributed by atoms with Gasteiger partial charge in [-0.3, -0.25) is 9.69 Å². The fourth-order valence-electron chi connectivity index (χ4n) is 12.2. The SMILES string of the molecule is C=CCOC12Oc3ccc(Oc4cccc(C=O)c4)cc3C3C(CCCCO)C(CCCCO)C=C(C(=NOC4CCCCO4)CC1N(Cc1cccc4ccccc14)C(=O)OCCCCCCCCCCCC)C32. The molecule has 1 saturated carbocycles. The highest BCUT2D eigenvalue weighted by atomic mass is 16.8. The normalized spacial score (nSPS) is 23.3. The molecule has 2 fully saturated rings. The first-order valence-electron chi connectivity index (χ1n) is 28.4. The van der Waals surface area contributed by atoms with Crippen LogP contribution in [-0.4, -0.2) is 84.4 Å². The summed E-state index contributed by atoms with van der Waals surface area (Å²) in [6, 6.07) is 26.6. The van der Waals surface area contributed by atoms with Gasteiger partial charge in [-0.15, -0.1) is 6.58 Å². The molecule has 4 aromatic rings. The first-order valence-corrected chi connectivity index (χ1v) is 28.4. The van der Waals surface area contributed by atoms with Gasteiger partial charge in [0.05, 0.1) is 38.0 Å². The molecule has 0 radical (unpaired) electrons. The maximum atomic E-state index is 15.4. The molecular formula is C63H82N2O10. The summed E-state index contributed by atoms with van der Waals surface area (Å²) in [6.45, 7) is 7.74. The molecule has 0 aromatic heterocycles. The lowest BCUT2D eigenvalue weighted by atomic mass is 9.55. The summed E-state index contributed by atoms with van der Waals surface area (Å²) in [7, 11) is 0. The van der Waals surface area contributed by atoms with Crippen LogP contribution in [0.2, 0.25) is 0 Å². The van der Waals surface area contributed by atoms with Gasteiger partial charge in [0, 0.05) is 43.1 Å². The predicted molar refractivity (Wildman–Crippen MR) is 294 cm³/mol. The molecule has 8 rings (SSSR count). The highest BCUT2D eigenvalue weighted by molar-refractivity contribution is 6.03. The Hall–Kier alpha value is -5.53. The Morgan fingerprint density at radius 2 is 1.59 bits per heavy atom. The minimum atomic E-state index is -1.50. The van der Waals surface area contributed by atoms with Crippen molar-refractivity contribution in [2.45, 2.75) is 166 Å². The van der Waals surface area contributed by atoms with Crippen LogP contribution in [0.15, 0.2) is 114 Å². The van der Waals surface area contributed by atoms with Crippen LogP contribution in [-0.2, 0) is 25.6 Å². The van der Waals surface area contributed by atoms with E-state index < -0.39 is 30.1 Å². The number of oxime groups is 1. The number of benzene rings is 4. The van der Waals surface area contributed by atoms with E-state index in [1.54, 1.807) is 24.3 Å². The number of hydrogen-bond donors (Lipinski definition) is 2. The Kier molecular flexibility index (Phi) is 21.2. The molecule has 2 N–H and O–H groups in total. The maximum Gasteiger partial charge on any atom is 0.410 e. The summed E-state index contributed by atoms with van der Waals surface area (Å²) in [4.78, 5) is 35.5. The summed E-state index contributed by atoms with van der Waals surface area (Å²) in [5.74, 6) is -0.553. The maximum absolute atomic E-state index is 15.4. The molecule has 2 aliphatic heterocycles. The van der Waals surface area contributed by atoms with Gasteiger partial charge >= 0.3 is 6.09 Å². The van der Waals surface area contributed by atoms with Gasteiger partial charge in [-0.05, 0) is 109 Å². The van der Waals surface area contributed by atoms with Crippen molar-refractivity contribution in [3.8, 4) is 17.2 Å². The van der Waals surface area contributed by atoms with Gasteiger partial charge in [-0.1, -0.05) is 149 Å². The summed E-state index contributed by atoms with van der Waals surface area (Å²) in [6.07, 6.45) is 22.9. The molecule has 75 heavy (non-hydrogen) atoms. The summed E-state index contributed by atoms with van der Waals surface area (Å²) in [5, 5.41) is 27.4. The lowest BCUT2D eigenvalue weighted by molar-refractivity contribution is -0.256. The Morgan fingerprint density at radius 3 is 2.35 bits per heavy atom. The van der Waals surface area contributed by atoms with Crippen molar-refractivity contribution >= 4 is 28.9 Å². The predicted octanol–water partition coefficient (Wildman–Crippen LogP) is 14.2. The Morgan fingerprint density at radius 1 is 0.840 bits per heavy atom. The van der Waals surface area contributed by atoms with Gasteiger partial charge in [0.25, 0.3) is 0 Å². The molecule has 404 valence electrons. The van der Waals surface area contributed by atoms with E-state index in [1.807, 2.05) is 41.3 Å². The van der Waals surface area contributed by atoms with E-state index in [1.165, 1.54) is 44.9 Å². The number of aliphatic hydroxyl groups excluding tert-OH is 2. The van der Waals surface area contributed by atoms with Crippen LogP contribution < -0.4 is 9.47 Å². The van der Waals surface area contributed by atoms with Crippen LogP contribution >= 0.6 is 0 Å². The molecule has 2 heterocycles. The minimum Gasteiger partial charge on any atom is -0.459 e. The largest absolute Gasteiger partial charge is 0.459 e. The summed E-state index contributed by atoms with van der Waals surface area (Å²) >= 11 is 0. The molecule has 7 unspecified atom stereocenters. The molecule has 12 nitrogen and oxygen atoms in total. The fourth-order valence-corrected chi connectivity index (χ4v) is 12.2. The van der Waals surface area contributed by atoms with Gasteiger partial charge in [0.2, 0.25) is 12.1 Å².